The van der Waals surface area contributed by atoms with Crippen molar-refractivity contribution in [2.75, 3.05) is 0 Å². The van der Waals surface area contributed by atoms with E-state index in [-0.39, 0.29) is 48.7 Å². The average molecular weight is 543 g/mol. The number of fused-ring (bicyclic) bond motifs is 1. The quantitative estimate of drug-likeness (QED) is 0.324. The summed E-state index contributed by atoms with van der Waals surface area (Å²) in [6, 6.07) is 0. The summed E-state index contributed by atoms with van der Waals surface area (Å²) in [5, 5.41) is 0. The van der Waals surface area contributed by atoms with Crippen LogP contribution in [0, 0.1) is 90.2 Å². The first-order valence-corrected chi connectivity index (χ1v) is 17.2. The zero-order valence-electron chi connectivity index (χ0n) is 31.0. The molecular weight excluding hydrogens is 468 g/mol. The molecule has 0 aromatic rings. The van der Waals surface area contributed by atoms with Crippen molar-refractivity contribution in [3.8, 4) is 0 Å². The molecule has 39 heavy (non-hydrogen) atoms. The van der Waals surface area contributed by atoms with Gasteiger partial charge in [-0.3, -0.25) is 0 Å². The molecule has 0 aliphatic heterocycles. The van der Waals surface area contributed by atoms with Crippen LogP contribution in [0.3, 0.4) is 0 Å². The zero-order chi connectivity index (χ0) is 31.0. The Bertz CT molecular complexity index is 942. The van der Waals surface area contributed by atoms with Gasteiger partial charge < -0.3 is 0 Å². The summed E-state index contributed by atoms with van der Waals surface area (Å²) < 4.78 is 0. The largest absolute Gasteiger partial charge is 0.0648 e. The van der Waals surface area contributed by atoms with Gasteiger partial charge in [0.15, 0.2) is 0 Å². The molecule has 0 aromatic carbocycles. The smallest absolute Gasteiger partial charge is 0.0117 e. The van der Waals surface area contributed by atoms with Crippen LogP contribution in [-0.2, 0) is 0 Å². The molecule has 3 aliphatic carbocycles. The first kappa shape index (κ1) is 33.5. The highest BCUT2D eigenvalue weighted by Crippen LogP contribution is 2.94. The third-order valence-corrected chi connectivity index (χ3v) is 18.7. The van der Waals surface area contributed by atoms with E-state index >= 15 is 0 Å². The first-order valence-electron chi connectivity index (χ1n) is 17.2. The van der Waals surface area contributed by atoms with Crippen LogP contribution < -0.4 is 0 Å². The van der Waals surface area contributed by atoms with Gasteiger partial charge in [-0.1, -0.05) is 145 Å². The molecule has 0 nitrogen and oxygen atoms in total. The molecule has 3 fully saturated rings. The van der Waals surface area contributed by atoms with Crippen molar-refractivity contribution >= 4 is 0 Å². The van der Waals surface area contributed by atoms with Gasteiger partial charge in [0.1, 0.15) is 0 Å². The van der Waals surface area contributed by atoms with Gasteiger partial charge in [0.05, 0.1) is 0 Å². The SMILES string of the molecule is CCC(C)(C1(C)C(C)[C@H](C)C(C)C(C)(C)C1(C)C)C12C(C)C[C@@]1(C(C)(C)C)C(C)(C(C)(C)C(C)C)C(C)[C@H]2C. The molecule has 0 aromatic heterocycles. The van der Waals surface area contributed by atoms with Crippen LogP contribution in [-0.4, -0.2) is 0 Å². The Hall–Kier alpha value is 0. The predicted octanol–water partition coefficient (Wildman–Crippen LogP) is 12.4. The van der Waals surface area contributed by atoms with Gasteiger partial charge in [0, 0.05) is 0 Å². The van der Waals surface area contributed by atoms with E-state index in [1.165, 1.54) is 12.8 Å². The fourth-order valence-electron chi connectivity index (χ4n) is 14.5. The van der Waals surface area contributed by atoms with Gasteiger partial charge in [-0.15, -0.1) is 0 Å². The highest BCUT2D eigenvalue weighted by Gasteiger charge is 2.89. The van der Waals surface area contributed by atoms with Crippen molar-refractivity contribution in [1.29, 1.82) is 0 Å². The fraction of sp³-hybridized carbons (Fsp3) is 1.00. The Morgan fingerprint density at radius 1 is 0.667 bits per heavy atom. The Kier molecular flexibility index (Phi) is 7.54. The van der Waals surface area contributed by atoms with Crippen molar-refractivity contribution in [1.82, 2.24) is 0 Å². The Morgan fingerprint density at radius 3 is 1.49 bits per heavy atom. The van der Waals surface area contributed by atoms with Crippen LogP contribution in [0.1, 0.15) is 158 Å². The maximum Gasteiger partial charge on any atom is -0.0117 e. The molecular formula is C39H74. The molecule has 230 valence electrons. The predicted molar refractivity (Wildman–Crippen MR) is 175 cm³/mol. The summed E-state index contributed by atoms with van der Waals surface area (Å²) in [5.74, 6) is 4.86. The highest BCUT2D eigenvalue weighted by atomic mass is 14.9. The topological polar surface area (TPSA) is 0 Å². The summed E-state index contributed by atoms with van der Waals surface area (Å²) in [6.45, 7) is 55.9. The summed E-state index contributed by atoms with van der Waals surface area (Å²) >= 11 is 0. The minimum absolute atomic E-state index is 0.205. The van der Waals surface area contributed by atoms with Crippen molar-refractivity contribution in [3.05, 3.63) is 0 Å². The minimum atomic E-state index is 0.205. The molecule has 8 unspecified atom stereocenters. The van der Waals surface area contributed by atoms with E-state index in [0.717, 1.165) is 5.92 Å². The Morgan fingerprint density at radius 2 is 1.13 bits per heavy atom. The van der Waals surface area contributed by atoms with Crippen molar-refractivity contribution in [2.24, 2.45) is 90.2 Å². The maximum absolute atomic E-state index is 2.84. The van der Waals surface area contributed by atoms with Crippen molar-refractivity contribution in [3.63, 3.8) is 0 Å². The van der Waals surface area contributed by atoms with E-state index in [1.807, 2.05) is 0 Å². The van der Waals surface area contributed by atoms with Crippen molar-refractivity contribution in [2.45, 2.75) is 158 Å². The van der Waals surface area contributed by atoms with E-state index in [4.69, 9.17) is 0 Å². The number of hydrogen-bond acceptors (Lipinski definition) is 0. The minimum Gasteiger partial charge on any atom is -0.0648 e. The highest BCUT2D eigenvalue weighted by molar-refractivity contribution is 5.36. The van der Waals surface area contributed by atoms with Crippen LogP contribution in [0.5, 0.6) is 0 Å². The summed E-state index contributed by atoms with van der Waals surface area (Å²) in [5.41, 5.74) is 2.17. The van der Waals surface area contributed by atoms with E-state index in [9.17, 15) is 0 Å². The number of rotatable bonds is 5. The lowest BCUT2D eigenvalue weighted by Crippen LogP contribution is -2.78. The second-order valence-electron chi connectivity index (χ2n) is 19.5. The summed E-state index contributed by atoms with van der Waals surface area (Å²) in [7, 11) is 0. The third kappa shape index (κ3) is 3.01. The molecule has 0 bridgehead atoms. The lowest BCUT2D eigenvalue weighted by molar-refractivity contribution is -0.363. The van der Waals surface area contributed by atoms with Crippen LogP contribution in [0.2, 0.25) is 0 Å². The van der Waals surface area contributed by atoms with Gasteiger partial charge in [-0.25, -0.2) is 0 Å². The maximum atomic E-state index is 2.84. The van der Waals surface area contributed by atoms with Crippen LogP contribution >= 0.6 is 0 Å². The van der Waals surface area contributed by atoms with Crippen molar-refractivity contribution < 1.29 is 0 Å². The van der Waals surface area contributed by atoms with Gasteiger partial charge >= 0.3 is 0 Å². The second-order valence-corrected chi connectivity index (χ2v) is 19.5. The molecule has 0 heteroatoms. The molecule has 0 saturated heterocycles. The first-order chi connectivity index (χ1) is 17.2. The normalized spacial score (nSPS) is 49.4. The molecule has 0 heterocycles. The van der Waals surface area contributed by atoms with Gasteiger partial charge in [0.2, 0.25) is 0 Å². The Labute approximate surface area is 248 Å². The lowest BCUT2D eigenvalue weighted by Gasteiger charge is -2.83. The Balaban J connectivity index is 2.57. The van der Waals surface area contributed by atoms with E-state index in [2.05, 4.69) is 145 Å². The molecule has 3 aliphatic rings. The standard InChI is InChI=1S/C39H74/c1-22-35(19,37(21)28(7)26(5)27(6)33(15,16)34(37,17)18)39-25(4)23-38(39,31(10,11)12)36(20,29(8)30(39)9)32(13,14)24(2)3/h24-30H,22-23H2,1-21H3/t25?,26-,27?,28?,29?,30-,35?,36?,37?,38-,39?/m1/s1. The summed E-state index contributed by atoms with van der Waals surface area (Å²) in [6.07, 6.45) is 2.65. The van der Waals surface area contributed by atoms with Crippen LogP contribution in [0.25, 0.3) is 0 Å². The molecule has 3 rings (SSSR count). The summed E-state index contributed by atoms with van der Waals surface area (Å²) in [4.78, 5) is 0. The van der Waals surface area contributed by atoms with E-state index in [0.29, 0.717) is 35.5 Å². The van der Waals surface area contributed by atoms with Gasteiger partial charge in [-0.05, 0) is 103 Å². The molecule has 0 radical (unpaired) electrons. The fourth-order valence-corrected chi connectivity index (χ4v) is 14.5. The van der Waals surface area contributed by atoms with E-state index in [1.54, 1.807) is 0 Å². The van der Waals surface area contributed by atoms with Gasteiger partial charge in [0.25, 0.3) is 0 Å². The molecule has 0 amide bonds. The third-order valence-electron chi connectivity index (χ3n) is 18.7. The lowest BCUT2D eigenvalue weighted by atomic mass is 9.20. The monoisotopic (exact) mass is 543 g/mol. The molecule has 11 atom stereocenters. The molecule has 0 spiro atoms. The second kappa shape index (κ2) is 8.77. The van der Waals surface area contributed by atoms with Crippen LogP contribution in [0.15, 0.2) is 0 Å². The number of hydrogen-bond donors (Lipinski definition) is 0. The average Bonchev–Trinajstić information content (AvgIpc) is 2.94. The molecule has 3 saturated carbocycles. The molecule has 0 N–H and O–H groups in total. The van der Waals surface area contributed by atoms with Crippen LogP contribution in [0.4, 0.5) is 0 Å². The van der Waals surface area contributed by atoms with Gasteiger partial charge in [-0.2, -0.15) is 0 Å². The van der Waals surface area contributed by atoms with E-state index < -0.39 is 0 Å². The zero-order valence-corrected chi connectivity index (χ0v) is 31.0.